The van der Waals surface area contributed by atoms with E-state index < -0.39 is 0 Å². The smallest absolute Gasteiger partial charge is 0.258 e. The summed E-state index contributed by atoms with van der Waals surface area (Å²) in [5, 5.41) is 3.76. The molecule has 3 rings (SSSR count). The molecule has 27 heavy (non-hydrogen) atoms. The molecule has 2 aromatic carbocycles. The minimum absolute atomic E-state index is 0.0328. The Bertz CT molecular complexity index is 748. The van der Waals surface area contributed by atoms with E-state index in [0.717, 1.165) is 44.0 Å². The average molecular weight is 389 g/mol. The van der Waals surface area contributed by atoms with Crippen molar-refractivity contribution in [2.24, 2.45) is 0 Å². The van der Waals surface area contributed by atoms with Gasteiger partial charge in [0.25, 0.3) is 5.91 Å². The number of amides is 1. The molecule has 0 bridgehead atoms. The summed E-state index contributed by atoms with van der Waals surface area (Å²) < 4.78 is 11.1. The van der Waals surface area contributed by atoms with E-state index in [1.807, 2.05) is 43.3 Å². The van der Waals surface area contributed by atoms with Crippen LogP contribution in [0.4, 0.5) is 0 Å². The van der Waals surface area contributed by atoms with Crippen LogP contribution in [0.3, 0.4) is 0 Å². The number of rotatable bonds is 7. The maximum atomic E-state index is 12.5. The van der Waals surface area contributed by atoms with E-state index in [2.05, 4.69) is 10.2 Å². The van der Waals surface area contributed by atoms with Crippen LogP contribution in [0.2, 0.25) is 5.02 Å². The van der Waals surface area contributed by atoms with Gasteiger partial charge in [-0.15, -0.1) is 0 Å². The van der Waals surface area contributed by atoms with E-state index in [4.69, 9.17) is 21.1 Å². The quantitative estimate of drug-likeness (QED) is 0.791. The molecule has 5 nitrogen and oxygen atoms in total. The zero-order valence-electron chi connectivity index (χ0n) is 15.5. The first-order chi connectivity index (χ1) is 13.1. The summed E-state index contributed by atoms with van der Waals surface area (Å²) in [6, 6.07) is 15.3. The Morgan fingerprint density at radius 3 is 2.67 bits per heavy atom. The lowest BCUT2D eigenvalue weighted by Gasteiger charge is -2.31. The van der Waals surface area contributed by atoms with Crippen molar-refractivity contribution in [3.05, 3.63) is 64.7 Å². The Hall–Kier alpha value is -2.08. The zero-order valence-corrected chi connectivity index (χ0v) is 16.2. The second-order valence-corrected chi connectivity index (χ2v) is 7.08. The van der Waals surface area contributed by atoms with Gasteiger partial charge in [-0.2, -0.15) is 0 Å². The summed E-state index contributed by atoms with van der Waals surface area (Å²) in [7, 11) is 0. The summed E-state index contributed by atoms with van der Waals surface area (Å²) in [5.41, 5.74) is 1.99. The number of carbonyl (C=O) groups is 1. The third kappa shape index (κ3) is 5.96. The largest absolute Gasteiger partial charge is 0.484 e. The Balaban J connectivity index is 1.61. The molecule has 1 atom stereocenters. The van der Waals surface area contributed by atoms with Crippen molar-refractivity contribution in [1.82, 2.24) is 10.2 Å². The monoisotopic (exact) mass is 388 g/mol. The SMILES string of the molecule is Cc1cc(Cl)ccc1OCC(=O)NC(CN1CCOCC1)c1ccccc1. The summed E-state index contributed by atoms with van der Waals surface area (Å²) in [6.45, 7) is 5.83. The predicted molar refractivity (Wildman–Crippen MR) is 106 cm³/mol. The van der Waals surface area contributed by atoms with Gasteiger partial charge in [-0.05, 0) is 36.2 Å². The van der Waals surface area contributed by atoms with Crippen LogP contribution in [0.5, 0.6) is 5.75 Å². The molecule has 144 valence electrons. The molecule has 2 aromatic rings. The molecule has 6 heteroatoms. The van der Waals surface area contributed by atoms with Gasteiger partial charge < -0.3 is 14.8 Å². The van der Waals surface area contributed by atoms with Gasteiger partial charge in [0.1, 0.15) is 5.75 Å². The molecule has 1 amide bonds. The van der Waals surface area contributed by atoms with Gasteiger partial charge in [-0.1, -0.05) is 41.9 Å². The van der Waals surface area contributed by atoms with Crippen LogP contribution in [-0.4, -0.2) is 50.3 Å². The van der Waals surface area contributed by atoms with Gasteiger partial charge in [-0.3, -0.25) is 9.69 Å². The van der Waals surface area contributed by atoms with Crippen molar-refractivity contribution < 1.29 is 14.3 Å². The van der Waals surface area contributed by atoms with Gasteiger partial charge in [0.05, 0.1) is 19.3 Å². The van der Waals surface area contributed by atoms with E-state index in [-0.39, 0.29) is 18.6 Å². The highest BCUT2D eigenvalue weighted by molar-refractivity contribution is 6.30. The van der Waals surface area contributed by atoms with Crippen molar-refractivity contribution in [2.75, 3.05) is 39.5 Å². The van der Waals surface area contributed by atoms with Crippen LogP contribution in [0, 0.1) is 6.92 Å². The molecular weight excluding hydrogens is 364 g/mol. The first-order valence-corrected chi connectivity index (χ1v) is 9.53. The van der Waals surface area contributed by atoms with Crippen LogP contribution in [0.1, 0.15) is 17.2 Å². The number of hydrogen-bond acceptors (Lipinski definition) is 4. The highest BCUT2D eigenvalue weighted by Crippen LogP contribution is 2.22. The maximum absolute atomic E-state index is 12.5. The third-order valence-corrected chi connectivity index (χ3v) is 4.81. The topological polar surface area (TPSA) is 50.8 Å². The number of morpholine rings is 1. The molecule has 0 aromatic heterocycles. The molecule has 0 spiro atoms. The molecule has 1 aliphatic rings. The lowest BCUT2D eigenvalue weighted by molar-refractivity contribution is -0.124. The van der Waals surface area contributed by atoms with Crippen LogP contribution in [0.25, 0.3) is 0 Å². The number of benzene rings is 2. The Kier molecular flexibility index (Phi) is 7.10. The van der Waals surface area contributed by atoms with E-state index in [9.17, 15) is 4.79 Å². The normalized spacial score (nSPS) is 15.9. The number of ether oxygens (including phenoxy) is 2. The minimum Gasteiger partial charge on any atom is -0.484 e. The molecule has 1 N–H and O–H groups in total. The standard InChI is InChI=1S/C21H25ClN2O3/c1-16-13-18(22)7-8-20(16)27-15-21(25)23-19(17-5-3-2-4-6-17)14-24-9-11-26-12-10-24/h2-8,13,19H,9-12,14-15H2,1H3,(H,23,25). The molecule has 1 heterocycles. The fraction of sp³-hybridized carbons (Fsp3) is 0.381. The van der Waals surface area contributed by atoms with Crippen molar-refractivity contribution >= 4 is 17.5 Å². The fourth-order valence-electron chi connectivity index (χ4n) is 3.12. The Morgan fingerprint density at radius 2 is 1.96 bits per heavy atom. The number of halogens is 1. The first-order valence-electron chi connectivity index (χ1n) is 9.15. The second kappa shape index (κ2) is 9.74. The number of nitrogens with one attached hydrogen (secondary N) is 1. The maximum Gasteiger partial charge on any atom is 0.258 e. The average Bonchev–Trinajstić information content (AvgIpc) is 2.68. The molecule has 1 aliphatic heterocycles. The molecule has 0 radical (unpaired) electrons. The van der Waals surface area contributed by atoms with Gasteiger partial charge in [0, 0.05) is 24.7 Å². The molecule has 1 saturated heterocycles. The van der Waals surface area contributed by atoms with Crippen LogP contribution >= 0.6 is 11.6 Å². The lowest BCUT2D eigenvalue weighted by Crippen LogP contribution is -2.44. The molecule has 0 saturated carbocycles. The van der Waals surface area contributed by atoms with Crippen molar-refractivity contribution in [2.45, 2.75) is 13.0 Å². The van der Waals surface area contributed by atoms with Crippen molar-refractivity contribution in [3.63, 3.8) is 0 Å². The highest BCUT2D eigenvalue weighted by Gasteiger charge is 2.20. The van der Waals surface area contributed by atoms with Gasteiger partial charge in [0.15, 0.2) is 6.61 Å². The lowest BCUT2D eigenvalue weighted by atomic mass is 10.1. The second-order valence-electron chi connectivity index (χ2n) is 6.64. The van der Waals surface area contributed by atoms with Gasteiger partial charge in [0.2, 0.25) is 0 Å². The number of nitrogens with zero attached hydrogens (tertiary/aromatic N) is 1. The molecule has 0 aliphatic carbocycles. The predicted octanol–water partition coefficient (Wildman–Crippen LogP) is 3.22. The fourth-order valence-corrected chi connectivity index (χ4v) is 3.34. The number of hydrogen-bond donors (Lipinski definition) is 1. The van der Waals surface area contributed by atoms with E-state index >= 15 is 0 Å². The van der Waals surface area contributed by atoms with Crippen LogP contribution in [0.15, 0.2) is 48.5 Å². The molecule has 1 fully saturated rings. The van der Waals surface area contributed by atoms with Crippen LogP contribution in [-0.2, 0) is 9.53 Å². The van der Waals surface area contributed by atoms with Gasteiger partial charge >= 0.3 is 0 Å². The Labute approximate surface area is 165 Å². The Morgan fingerprint density at radius 1 is 1.22 bits per heavy atom. The van der Waals surface area contributed by atoms with Crippen molar-refractivity contribution in [1.29, 1.82) is 0 Å². The minimum atomic E-state index is -0.147. The van der Waals surface area contributed by atoms with Crippen LogP contribution < -0.4 is 10.1 Å². The highest BCUT2D eigenvalue weighted by atomic mass is 35.5. The number of carbonyl (C=O) groups excluding carboxylic acids is 1. The summed E-state index contributed by atoms with van der Waals surface area (Å²) in [6.07, 6.45) is 0. The molecule has 1 unspecified atom stereocenters. The first kappa shape index (κ1) is 19.7. The summed E-state index contributed by atoms with van der Waals surface area (Å²) >= 11 is 5.96. The van der Waals surface area contributed by atoms with Crippen molar-refractivity contribution in [3.8, 4) is 5.75 Å². The third-order valence-electron chi connectivity index (χ3n) is 4.58. The van der Waals surface area contributed by atoms with Gasteiger partial charge in [-0.25, -0.2) is 0 Å². The summed E-state index contributed by atoms with van der Waals surface area (Å²) in [5.74, 6) is 0.519. The zero-order chi connectivity index (χ0) is 19.1. The molecular formula is C21H25ClN2O3. The van der Waals surface area contributed by atoms with E-state index in [0.29, 0.717) is 10.8 Å². The van der Waals surface area contributed by atoms with E-state index in [1.54, 1.807) is 12.1 Å². The summed E-state index contributed by atoms with van der Waals surface area (Å²) in [4.78, 5) is 14.8. The number of aryl methyl sites for hydroxylation is 1. The van der Waals surface area contributed by atoms with E-state index in [1.165, 1.54) is 0 Å².